The van der Waals surface area contributed by atoms with Crippen LogP contribution < -0.4 is 10.9 Å². The van der Waals surface area contributed by atoms with Crippen LogP contribution in [0.2, 0.25) is 0 Å². The molecule has 1 amide bonds. The van der Waals surface area contributed by atoms with Crippen molar-refractivity contribution in [3.8, 4) is 0 Å². The number of carbonyl (C=O) groups excluding carboxylic acids is 1. The Balaban J connectivity index is 3.18. The van der Waals surface area contributed by atoms with E-state index in [4.69, 9.17) is 0 Å². The van der Waals surface area contributed by atoms with E-state index in [-0.39, 0.29) is 22.6 Å². The van der Waals surface area contributed by atoms with Crippen molar-refractivity contribution in [2.45, 2.75) is 59.4 Å². The zero-order chi connectivity index (χ0) is 14.6. The van der Waals surface area contributed by atoms with Crippen LogP contribution in [-0.2, 0) is 12.8 Å². The van der Waals surface area contributed by atoms with E-state index >= 15 is 0 Å². The van der Waals surface area contributed by atoms with Crippen LogP contribution in [0.4, 0.5) is 0 Å². The normalized spacial score (nSPS) is 11.4. The lowest BCUT2D eigenvalue weighted by atomic mass is 10.0. The molecule has 106 valence electrons. The second-order valence-corrected chi connectivity index (χ2v) is 5.82. The molecule has 0 radical (unpaired) electrons. The van der Waals surface area contributed by atoms with Crippen LogP contribution in [0.5, 0.6) is 0 Å². The summed E-state index contributed by atoms with van der Waals surface area (Å²) in [6.07, 6.45) is 2.63. The molecule has 0 fully saturated rings. The van der Waals surface area contributed by atoms with E-state index in [9.17, 15) is 9.59 Å². The number of amides is 1. The Kier molecular flexibility index (Phi) is 4.92. The van der Waals surface area contributed by atoms with Crippen molar-refractivity contribution in [1.29, 1.82) is 0 Å². The highest BCUT2D eigenvalue weighted by Gasteiger charge is 2.19. The van der Waals surface area contributed by atoms with Gasteiger partial charge in [0.25, 0.3) is 11.5 Å². The molecule has 4 nitrogen and oxygen atoms in total. The van der Waals surface area contributed by atoms with E-state index < -0.39 is 0 Å². The summed E-state index contributed by atoms with van der Waals surface area (Å²) in [5, 5.41) is 2.82. The van der Waals surface area contributed by atoms with E-state index in [1.54, 1.807) is 6.07 Å². The third-order valence-electron chi connectivity index (χ3n) is 2.82. The van der Waals surface area contributed by atoms with Crippen LogP contribution in [0.1, 0.15) is 62.7 Å². The smallest absolute Gasteiger partial charge is 0.261 e. The second kappa shape index (κ2) is 6.04. The van der Waals surface area contributed by atoms with Gasteiger partial charge in [-0.2, -0.15) is 0 Å². The first-order valence-corrected chi connectivity index (χ1v) is 6.86. The molecular weight excluding hydrogens is 240 g/mol. The highest BCUT2D eigenvalue weighted by atomic mass is 16.2. The average molecular weight is 264 g/mol. The molecule has 0 aliphatic rings. The molecule has 0 saturated carbocycles. The van der Waals surface area contributed by atoms with Crippen LogP contribution in [0.15, 0.2) is 10.9 Å². The third kappa shape index (κ3) is 4.23. The molecule has 4 heteroatoms. The quantitative estimate of drug-likeness (QED) is 0.877. The zero-order valence-corrected chi connectivity index (χ0v) is 12.5. The van der Waals surface area contributed by atoms with Crippen molar-refractivity contribution >= 4 is 5.91 Å². The molecule has 1 rings (SSSR count). The summed E-state index contributed by atoms with van der Waals surface area (Å²) in [5.41, 5.74) is 1.54. The van der Waals surface area contributed by atoms with Crippen molar-refractivity contribution in [2.24, 2.45) is 0 Å². The number of H-pyrrole nitrogens is 1. The molecule has 0 saturated heterocycles. The van der Waals surface area contributed by atoms with Crippen LogP contribution >= 0.6 is 0 Å². The first kappa shape index (κ1) is 15.5. The second-order valence-electron chi connectivity index (χ2n) is 5.82. The maximum Gasteiger partial charge on any atom is 0.261 e. The molecule has 0 unspecified atom stereocenters. The van der Waals surface area contributed by atoms with Gasteiger partial charge in [-0.3, -0.25) is 9.59 Å². The average Bonchev–Trinajstić information content (AvgIpc) is 2.28. The Hall–Kier alpha value is -1.58. The molecule has 0 aliphatic heterocycles. The molecule has 1 heterocycles. The summed E-state index contributed by atoms with van der Waals surface area (Å²) in [5.74, 6) is -0.311. The Bertz CT molecular complexity index is 510. The first-order chi connectivity index (χ1) is 8.78. The van der Waals surface area contributed by atoms with E-state index in [2.05, 4.69) is 17.2 Å². The highest BCUT2D eigenvalue weighted by Crippen LogP contribution is 2.10. The highest BCUT2D eigenvalue weighted by molar-refractivity contribution is 5.94. The Morgan fingerprint density at radius 1 is 1.32 bits per heavy atom. The number of aromatic amines is 1. The molecule has 0 atom stereocenters. The van der Waals surface area contributed by atoms with Crippen molar-refractivity contribution in [2.75, 3.05) is 0 Å². The van der Waals surface area contributed by atoms with Crippen molar-refractivity contribution in [1.82, 2.24) is 10.3 Å². The number of hydrogen-bond donors (Lipinski definition) is 2. The molecule has 19 heavy (non-hydrogen) atoms. The van der Waals surface area contributed by atoms with Gasteiger partial charge in [-0.05, 0) is 45.2 Å². The van der Waals surface area contributed by atoms with Gasteiger partial charge < -0.3 is 10.3 Å². The SMILES string of the molecule is CCCc1cc(C(=O)NC(C)(C)C)c(=O)[nH]c1CC. The van der Waals surface area contributed by atoms with Crippen LogP contribution in [0.3, 0.4) is 0 Å². The molecule has 0 aliphatic carbocycles. The molecule has 2 N–H and O–H groups in total. The monoisotopic (exact) mass is 264 g/mol. The number of aryl methyl sites for hydroxylation is 2. The Labute approximate surface area is 114 Å². The summed E-state index contributed by atoms with van der Waals surface area (Å²) >= 11 is 0. The van der Waals surface area contributed by atoms with Crippen LogP contribution in [-0.4, -0.2) is 16.4 Å². The van der Waals surface area contributed by atoms with Gasteiger partial charge in [0.1, 0.15) is 5.56 Å². The fourth-order valence-corrected chi connectivity index (χ4v) is 2.00. The predicted molar refractivity (Wildman–Crippen MR) is 77.7 cm³/mol. The summed E-state index contributed by atoms with van der Waals surface area (Å²) < 4.78 is 0. The number of rotatable bonds is 4. The van der Waals surface area contributed by atoms with Crippen LogP contribution in [0, 0.1) is 0 Å². The minimum atomic E-state index is -0.349. The van der Waals surface area contributed by atoms with E-state index in [1.165, 1.54) is 0 Å². The van der Waals surface area contributed by atoms with Gasteiger partial charge in [0.05, 0.1) is 0 Å². The van der Waals surface area contributed by atoms with Crippen molar-refractivity contribution < 1.29 is 4.79 Å². The fraction of sp³-hybridized carbons (Fsp3) is 0.600. The summed E-state index contributed by atoms with van der Waals surface area (Å²) in [7, 11) is 0. The molecule has 0 spiro atoms. The number of nitrogens with one attached hydrogen (secondary N) is 2. The molecule has 0 bridgehead atoms. The standard InChI is InChI=1S/C15H24N2O2/c1-6-8-10-9-11(13(18)16-12(10)7-2)14(19)17-15(3,4)5/h9H,6-8H2,1-5H3,(H,16,18)(H,17,19). The van der Waals surface area contributed by atoms with Gasteiger partial charge in [0.2, 0.25) is 0 Å². The topological polar surface area (TPSA) is 62.0 Å². The summed E-state index contributed by atoms with van der Waals surface area (Å²) in [6, 6.07) is 1.74. The van der Waals surface area contributed by atoms with Crippen molar-refractivity contribution in [3.63, 3.8) is 0 Å². The number of carbonyl (C=O) groups is 1. The van der Waals surface area contributed by atoms with E-state index in [0.717, 1.165) is 30.5 Å². The van der Waals surface area contributed by atoms with E-state index in [0.29, 0.717) is 0 Å². The van der Waals surface area contributed by atoms with Gasteiger partial charge in [-0.25, -0.2) is 0 Å². The minimum Gasteiger partial charge on any atom is -0.347 e. The van der Waals surface area contributed by atoms with E-state index in [1.807, 2.05) is 27.7 Å². The predicted octanol–water partition coefficient (Wildman–Crippen LogP) is 2.42. The number of aromatic nitrogens is 1. The van der Waals surface area contributed by atoms with Gasteiger partial charge in [0, 0.05) is 11.2 Å². The Morgan fingerprint density at radius 3 is 2.42 bits per heavy atom. The van der Waals surface area contributed by atoms with Crippen molar-refractivity contribution in [3.05, 3.63) is 33.2 Å². The van der Waals surface area contributed by atoms with Gasteiger partial charge in [-0.1, -0.05) is 20.3 Å². The lowest BCUT2D eigenvalue weighted by Crippen LogP contribution is -2.42. The lowest BCUT2D eigenvalue weighted by molar-refractivity contribution is 0.0918. The lowest BCUT2D eigenvalue weighted by Gasteiger charge is -2.20. The number of hydrogen-bond acceptors (Lipinski definition) is 2. The fourth-order valence-electron chi connectivity index (χ4n) is 2.00. The minimum absolute atomic E-state index is 0.204. The van der Waals surface area contributed by atoms with Gasteiger partial charge in [0.15, 0.2) is 0 Å². The van der Waals surface area contributed by atoms with Gasteiger partial charge >= 0.3 is 0 Å². The molecule has 1 aromatic heterocycles. The van der Waals surface area contributed by atoms with Gasteiger partial charge in [-0.15, -0.1) is 0 Å². The van der Waals surface area contributed by atoms with Crippen LogP contribution in [0.25, 0.3) is 0 Å². The zero-order valence-electron chi connectivity index (χ0n) is 12.5. The largest absolute Gasteiger partial charge is 0.347 e. The number of pyridine rings is 1. The summed E-state index contributed by atoms with van der Waals surface area (Å²) in [6.45, 7) is 9.77. The first-order valence-electron chi connectivity index (χ1n) is 6.86. The summed E-state index contributed by atoms with van der Waals surface area (Å²) in [4.78, 5) is 26.9. The molecular formula is C15H24N2O2. The molecule has 1 aromatic rings. The third-order valence-corrected chi connectivity index (χ3v) is 2.82. The maximum absolute atomic E-state index is 12.1. The molecule has 0 aromatic carbocycles. The Morgan fingerprint density at radius 2 is 1.95 bits per heavy atom. The maximum atomic E-state index is 12.1.